The van der Waals surface area contributed by atoms with Gasteiger partial charge < -0.3 is 19.6 Å². The van der Waals surface area contributed by atoms with E-state index in [1.807, 2.05) is 0 Å². The van der Waals surface area contributed by atoms with Crippen LogP contribution in [0.25, 0.3) is 39.4 Å². The Morgan fingerprint density at radius 2 is 1.65 bits per heavy atom. The second-order valence-electron chi connectivity index (χ2n) is 10.5. The highest BCUT2D eigenvalue weighted by Crippen LogP contribution is 2.42. The Bertz CT molecular complexity index is 2140. The molecule has 49 heavy (non-hydrogen) atoms. The summed E-state index contributed by atoms with van der Waals surface area (Å²) in [4.78, 5) is 16.4. The molecule has 1 amide bonds. The number of benzene rings is 3. The van der Waals surface area contributed by atoms with Gasteiger partial charge >= 0.3 is 12.5 Å². The summed E-state index contributed by atoms with van der Waals surface area (Å²) in [6, 6.07) is 11.9. The van der Waals surface area contributed by atoms with Crippen LogP contribution in [-0.4, -0.2) is 59.5 Å². The minimum absolute atomic E-state index is 0.0195. The van der Waals surface area contributed by atoms with Gasteiger partial charge in [0.1, 0.15) is 23.8 Å². The molecule has 0 aliphatic rings. The van der Waals surface area contributed by atoms with Crippen molar-refractivity contribution in [2.75, 3.05) is 12.8 Å². The highest BCUT2D eigenvalue weighted by molar-refractivity contribution is 7.90. The fourth-order valence-electron chi connectivity index (χ4n) is 4.78. The summed E-state index contributed by atoms with van der Waals surface area (Å²) < 4.78 is 129. The van der Waals surface area contributed by atoms with Gasteiger partial charge in [0.25, 0.3) is 5.91 Å². The maximum atomic E-state index is 14.8. The SMILES string of the molecule is Cc1nc(-c2ccc(OC(F)(F)F)cc2)c(-c2cc(-c3ccc(CO)c(F)c3)cc(S(C)(=O)=O)c2-n2ccc(C(=O)NCC(F)(F)F)n2)o1. The highest BCUT2D eigenvalue weighted by Gasteiger charge is 2.32. The molecule has 0 aliphatic heterocycles. The lowest BCUT2D eigenvalue weighted by molar-refractivity contribution is -0.274. The molecule has 0 saturated carbocycles. The molecule has 5 aromatic rings. The van der Waals surface area contributed by atoms with Crippen LogP contribution in [0.5, 0.6) is 5.75 Å². The number of sulfone groups is 1. The van der Waals surface area contributed by atoms with Crippen molar-refractivity contribution >= 4 is 15.7 Å². The molecule has 0 radical (unpaired) electrons. The van der Waals surface area contributed by atoms with E-state index in [0.29, 0.717) is 0 Å². The highest BCUT2D eigenvalue weighted by atomic mass is 32.2. The van der Waals surface area contributed by atoms with Crippen molar-refractivity contribution in [3.8, 4) is 45.1 Å². The molecule has 2 N–H and O–H groups in total. The van der Waals surface area contributed by atoms with E-state index in [1.54, 1.807) is 5.32 Å². The van der Waals surface area contributed by atoms with Crippen LogP contribution in [0.15, 0.2) is 76.2 Å². The van der Waals surface area contributed by atoms with Crippen LogP contribution in [0.3, 0.4) is 0 Å². The van der Waals surface area contributed by atoms with Crippen LogP contribution in [0.4, 0.5) is 30.7 Å². The normalized spacial score (nSPS) is 12.3. The average Bonchev–Trinajstić information content (AvgIpc) is 3.65. The number of nitrogens with zero attached hydrogens (tertiary/aromatic N) is 3. The molecule has 0 unspecified atom stereocenters. The fraction of sp³-hybridized carbons (Fsp3) is 0.194. The number of halogens is 7. The molecule has 0 atom stereocenters. The Morgan fingerprint density at radius 1 is 0.980 bits per heavy atom. The first-order chi connectivity index (χ1) is 22.8. The minimum Gasteiger partial charge on any atom is -0.440 e. The zero-order valence-electron chi connectivity index (χ0n) is 25.1. The van der Waals surface area contributed by atoms with E-state index in [2.05, 4.69) is 14.8 Å². The van der Waals surface area contributed by atoms with Crippen molar-refractivity contribution in [2.24, 2.45) is 0 Å². The smallest absolute Gasteiger partial charge is 0.440 e. The molecule has 0 aliphatic carbocycles. The molecule has 3 aromatic carbocycles. The summed E-state index contributed by atoms with van der Waals surface area (Å²) >= 11 is 0. The molecule has 0 spiro atoms. The van der Waals surface area contributed by atoms with Gasteiger partial charge in [-0.05, 0) is 59.7 Å². The van der Waals surface area contributed by atoms with Gasteiger partial charge in [-0.25, -0.2) is 22.5 Å². The predicted molar refractivity (Wildman–Crippen MR) is 159 cm³/mol. The molecule has 0 saturated heterocycles. The number of aliphatic hydroxyl groups is 1. The van der Waals surface area contributed by atoms with Crippen molar-refractivity contribution in [2.45, 2.75) is 31.0 Å². The lowest BCUT2D eigenvalue weighted by Gasteiger charge is -2.17. The minimum atomic E-state index is -4.96. The third kappa shape index (κ3) is 8.09. The number of rotatable bonds is 9. The second-order valence-corrected chi connectivity index (χ2v) is 12.5. The average molecular weight is 713 g/mol. The fourth-order valence-corrected chi connectivity index (χ4v) is 5.68. The van der Waals surface area contributed by atoms with Gasteiger partial charge in [0.15, 0.2) is 27.2 Å². The zero-order valence-corrected chi connectivity index (χ0v) is 26.0. The molecule has 5 rings (SSSR count). The Balaban J connectivity index is 1.76. The van der Waals surface area contributed by atoms with E-state index < -0.39 is 63.6 Å². The summed E-state index contributed by atoms with van der Waals surface area (Å²) in [6.45, 7) is -0.835. The second kappa shape index (κ2) is 13.0. The number of hydrogen-bond acceptors (Lipinski definition) is 8. The monoisotopic (exact) mass is 712 g/mol. The van der Waals surface area contributed by atoms with E-state index >= 15 is 0 Å². The quantitative estimate of drug-likeness (QED) is 0.168. The first kappa shape index (κ1) is 35.1. The number of carbonyl (C=O) groups is 1. The van der Waals surface area contributed by atoms with Crippen molar-refractivity contribution in [3.63, 3.8) is 0 Å². The first-order valence-corrected chi connectivity index (χ1v) is 15.7. The Hall–Kier alpha value is -5.23. The number of ether oxygens (including phenoxy) is 1. The molecule has 0 fully saturated rings. The Kier molecular flexibility index (Phi) is 9.31. The Morgan fingerprint density at radius 3 is 2.24 bits per heavy atom. The largest absolute Gasteiger partial charge is 0.573 e. The third-order valence-electron chi connectivity index (χ3n) is 6.87. The first-order valence-electron chi connectivity index (χ1n) is 13.9. The standard InChI is InChI=1S/C31H23F7N4O6S/c1-16-40-26(17-5-7-21(8-6-17)48-31(36,37)38)28(47-16)22-11-20(18-3-4-19(14-43)23(32)12-18)13-25(49(2,45)46)27(22)42-10-9-24(41-42)29(44)39-15-30(33,34)35/h3-13,43H,14-15H2,1-2H3,(H,39,44). The maximum absolute atomic E-state index is 14.8. The summed E-state index contributed by atoms with van der Waals surface area (Å²) in [7, 11) is -4.23. The number of carbonyl (C=O) groups excluding carboxylic acids is 1. The molecule has 0 bridgehead atoms. The summed E-state index contributed by atoms with van der Waals surface area (Å²) in [5.74, 6) is -2.66. The zero-order chi connectivity index (χ0) is 35.9. The maximum Gasteiger partial charge on any atom is 0.573 e. The van der Waals surface area contributed by atoms with Gasteiger partial charge in [-0.1, -0.05) is 12.1 Å². The molecular weight excluding hydrogens is 689 g/mol. The van der Waals surface area contributed by atoms with Gasteiger partial charge in [0.05, 0.1) is 17.2 Å². The van der Waals surface area contributed by atoms with Crippen molar-refractivity contribution < 1.29 is 58.2 Å². The van der Waals surface area contributed by atoms with E-state index in [0.717, 1.165) is 41.4 Å². The van der Waals surface area contributed by atoms with Crippen LogP contribution in [-0.2, 0) is 16.4 Å². The van der Waals surface area contributed by atoms with E-state index in [9.17, 15) is 49.1 Å². The molecular formula is C31H23F7N4O6S. The lowest BCUT2D eigenvalue weighted by Crippen LogP contribution is -2.34. The van der Waals surface area contributed by atoms with E-state index in [4.69, 9.17) is 4.42 Å². The molecule has 2 aromatic heterocycles. The van der Waals surface area contributed by atoms with Crippen LogP contribution in [0.2, 0.25) is 0 Å². The van der Waals surface area contributed by atoms with Gasteiger partial charge in [0, 0.05) is 36.1 Å². The number of alkyl halides is 6. The number of aliphatic hydroxyl groups excluding tert-OH is 1. The molecule has 10 nitrogen and oxygen atoms in total. The van der Waals surface area contributed by atoms with E-state index in [-0.39, 0.29) is 50.8 Å². The number of nitrogens with one attached hydrogen (secondary N) is 1. The molecule has 2 heterocycles. The molecule has 18 heteroatoms. The summed E-state index contributed by atoms with van der Waals surface area (Å²) in [5, 5.41) is 15.1. The number of aryl methyl sites for hydroxylation is 1. The van der Waals surface area contributed by atoms with Crippen LogP contribution in [0.1, 0.15) is 21.9 Å². The number of oxazole rings is 1. The summed E-state index contributed by atoms with van der Waals surface area (Å²) in [6.07, 6.45) is -7.72. The van der Waals surface area contributed by atoms with Crippen LogP contribution >= 0.6 is 0 Å². The summed E-state index contributed by atoms with van der Waals surface area (Å²) in [5.41, 5.74) is -0.365. The van der Waals surface area contributed by atoms with Crippen LogP contribution in [0, 0.1) is 12.7 Å². The van der Waals surface area contributed by atoms with Gasteiger partial charge in [-0.2, -0.15) is 18.3 Å². The third-order valence-corrected chi connectivity index (χ3v) is 7.98. The predicted octanol–water partition coefficient (Wildman–Crippen LogP) is 6.40. The van der Waals surface area contributed by atoms with Crippen molar-refractivity contribution in [1.82, 2.24) is 20.1 Å². The van der Waals surface area contributed by atoms with Gasteiger partial charge in [-0.3, -0.25) is 4.79 Å². The lowest BCUT2D eigenvalue weighted by atomic mass is 9.97. The number of aromatic nitrogens is 3. The van der Waals surface area contributed by atoms with Gasteiger partial charge in [-0.15, -0.1) is 13.2 Å². The topological polar surface area (TPSA) is 137 Å². The Labute approximate surface area is 272 Å². The van der Waals surface area contributed by atoms with Crippen molar-refractivity contribution in [3.05, 3.63) is 89.8 Å². The van der Waals surface area contributed by atoms with Crippen molar-refractivity contribution in [1.29, 1.82) is 0 Å². The van der Waals surface area contributed by atoms with E-state index in [1.165, 1.54) is 43.3 Å². The van der Waals surface area contributed by atoms with Crippen LogP contribution < -0.4 is 10.1 Å². The number of hydrogen-bond donors (Lipinski definition) is 2. The van der Waals surface area contributed by atoms with Gasteiger partial charge in [0.2, 0.25) is 0 Å². The number of amides is 1. The molecule has 258 valence electrons.